The van der Waals surface area contributed by atoms with Crippen LogP contribution < -0.4 is 10.2 Å². The molecule has 0 unspecified atom stereocenters. The van der Waals surface area contributed by atoms with Crippen LogP contribution in [0.1, 0.15) is 23.7 Å². The minimum absolute atomic E-state index is 0.0612. The van der Waals surface area contributed by atoms with E-state index in [-0.39, 0.29) is 11.9 Å². The molecule has 5 heteroatoms. The fourth-order valence-corrected chi connectivity index (χ4v) is 3.44. The van der Waals surface area contributed by atoms with Gasteiger partial charge in [0.05, 0.1) is 0 Å². The Labute approximate surface area is 160 Å². The summed E-state index contributed by atoms with van der Waals surface area (Å²) in [6, 6.07) is 17.8. The van der Waals surface area contributed by atoms with Crippen molar-refractivity contribution in [3.63, 3.8) is 0 Å². The minimum atomic E-state index is -0.0612. The molecule has 4 nitrogen and oxygen atoms in total. The number of nitrogens with one attached hydrogen (secondary N) is 1. The predicted molar refractivity (Wildman–Crippen MR) is 108 cm³/mol. The van der Waals surface area contributed by atoms with Gasteiger partial charge in [-0.1, -0.05) is 35.9 Å². The lowest BCUT2D eigenvalue weighted by molar-refractivity contribution is 0.0935. The molecule has 0 aromatic heterocycles. The molecule has 1 atom stereocenters. The van der Waals surface area contributed by atoms with Crippen LogP contribution in [0.4, 0.5) is 5.69 Å². The molecule has 1 aliphatic heterocycles. The average molecular weight is 372 g/mol. The van der Waals surface area contributed by atoms with Gasteiger partial charge in [0.2, 0.25) is 0 Å². The molecule has 26 heavy (non-hydrogen) atoms. The molecule has 2 aromatic carbocycles. The smallest absolute Gasteiger partial charge is 0.251 e. The van der Waals surface area contributed by atoms with E-state index in [0.29, 0.717) is 10.6 Å². The van der Waals surface area contributed by atoms with E-state index in [4.69, 9.17) is 11.6 Å². The predicted octanol–water partition coefficient (Wildman–Crippen LogP) is 3.67. The second-order valence-electron chi connectivity index (χ2n) is 6.84. The van der Waals surface area contributed by atoms with Gasteiger partial charge in [-0.3, -0.25) is 9.69 Å². The minimum Gasteiger partial charge on any atom is -0.369 e. The SMILES string of the molecule is C[C@@H](CCN1CCN(c2ccccc2)CC1)NC(=O)c1cccc(Cl)c1. The van der Waals surface area contributed by atoms with Gasteiger partial charge in [0.25, 0.3) is 5.91 Å². The first-order valence-electron chi connectivity index (χ1n) is 9.20. The van der Waals surface area contributed by atoms with Crippen LogP contribution in [0.3, 0.4) is 0 Å². The van der Waals surface area contributed by atoms with Gasteiger partial charge in [0.15, 0.2) is 0 Å². The van der Waals surface area contributed by atoms with Gasteiger partial charge in [-0.25, -0.2) is 0 Å². The molecule has 0 radical (unpaired) electrons. The number of benzene rings is 2. The molecule has 1 fully saturated rings. The Hall–Kier alpha value is -2.04. The number of nitrogens with zero attached hydrogens (tertiary/aromatic N) is 2. The summed E-state index contributed by atoms with van der Waals surface area (Å²) < 4.78 is 0. The van der Waals surface area contributed by atoms with E-state index in [2.05, 4.69) is 52.4 Å². The second kappa shape index (κ2) is 9.06. The van der Waals surface area contributed by atoms with Gasteiger partial charge in [-0.05, 0) is 43.7 Å². The summed E-state index contributed by atoms with van der Waals surface area (Å²) in [7, 11) is 0. The second-order valence-corrected chi connectivity index (χ2v) is 7.27. The number of anilines is 1. The summed E-state index contributed by atoms with van der Waals surface area (Å²) >= 11 is 5.95. The van der Waals surface area contributed by atoms with Crippen LogP contribution in [0.5, 0.6) is 0 Å². The van der Waals surface area contributed by atoms with Gasteiger partial charge in [0, 0.05) is 55.0 Å². The van der Waals surface area contributed by atoms with Crippen molar-refractivity contribution in [2.24, 2.45) is 0 Å². The normalized spacial score (nSPS) is 16.3. The average Bonchev–Trinajstić information content (AvgIpc) is 2.67. The summed E-state index contributed by atoms with van der Waals surface area (Å²) in [4.78, 5) is 17.2. The number of amides is 1. The number of carbonyl (C=O) groups is 1. The third kappa shape index (κ3) is 5.23. The van der Waals surface area contributed by atoms with Crippen LogP contribution in [-0.4, -0.2) is 49.6 Å². The van der Waals surface area contributed by atoms with Crippen molar-refractivity contribution in [2.75, 3.05) is 37.6 Å². The Kier molecular flexibility index (Phi) is 6.53. The maximum atomic E-state index is 12.3. The molecule has 2 aromatic rings. The number of para-hydroxylation sites is 1. The van der Waals surface area contributed by atoms with Crippen molar-refractivity contribution >= 4 is 23.2 Å². The summed E-state index contributed by atoms with van der Waals surface area (Å²) in [5, 5.41) is 3.65. The lowest BCUT2D eigenvalue weighted by Gasteiger charge is -2.36. The zero-order valence-corrected chi connectivity index (χ0v) is 16.0. The van der Waals surface area contributed by atoms with E-state index in [0.717, 1.165) is 39.1 Å². The number of carbonyl (C=O) groups excluding carboxylic acids is 1. The molecular formula is C21H26ClN3O. The summed E-state index contributed by atoms with van der Waals surface area (Å²) in [5.41, 5.74) is 1.91. The van der Waals surface area contributed by atoms with Crippen molar-refractivity contribution < 1.29 is 4.79 Å². The highest BCUT2D eigenvalue weighted by Crippen LogP contribution is 2.16. The molecule has 0 saturated carbocycles. The number of rotatable bonds is 6. The molecule has 1 amide bonds. The Balaban J connectivity index is 1.40. The van der Waals surface area contributed by atoms with Crippen LogP contribution in [-0.2, 0) is 0 Å². The molecule has 0 spiro atoms. The van der Waals surface area contributed by atoms with E-state index in [9.17, 15) is 4.79 Å². The highest BCUT2D eigenvalue weighted by Gasteiger charge is 2.18. The Morgan fingerprint density at radius 3 is 2.50 bits per heavy atom. The molecule has 3 rings (SSSR count). The standard InChI is InChI=1S/C21H26ClN3O/c1-17(23-21(26)18-6-5-7-19(22)16-18)10-11-24-12-14-25(15-13-24)20-8-3-2-4-9-20/h2-9,16-17H,10-15H2,1H3,(H,23,26)/t17-/m0/s1. The maximum absolute atomic E-state index is 12.3. The zero-order valence-electron chi connectivity index (χ0n) is 15.2. The lowest BCUT2D eigenvalue weighted by Crippen LogP contribution is -2.47. The van der Waals surface area contributed by atoms with Crippen LogP contribution in [0.15, 0.2) is 54.6 Å². The van der Waals surface area contributed by atoms with E-state index in [1.807, 2.05) is 0 Å². The van der Waals surface area contributed by atoms with Gasteiger partial charge in [-0.2, -0.15) is 0 Å². The largest absolute Gasteiger partial charge is 0.369 e. The molecule has 1 heterocycles. The van der Waals surface area contributed by atoms with Crippen molar-refractivity contribution in [2.45, 2.75) is 19.4 Å². The monoisotopic (exact) mass is 371 g/mol. The summed E-state index contributed by atoms with van der Waals surface area (Å²) in [6.07, 6.45) is 0.942. The summed E-state index contributed by atoms with van der Waals surface area (Å²) in [6.45, 7) is 7.27. The van der Waals surface area contributed by atoms with Crippen LogP contribution in [0.2, 0.25) is 5.02 Å². The van der Waals surface area contributed by atoms with Gasteiger partial charge < -0.3 is 10.2 Å². The van der Waals surface area contributed by atoms with Gasteiger partial charge in [0.1, 0.15) is 0 Å². The Morgan fingerprint density at radius 1 is 1.08 bits per heavy atom. The third-order valence-electron chi connectivity index (χ3n) is 4.84. The number of halogens is 1. The number of hydrogen-bond donors (Lipinski definition) is 1. The van der Waals surface area contributed by atoms with E-state index < -0.39 is 0 Å². The molecule has 1 N–H and O–H groups in total. The van der Waals surface area contributed by atoms with Crippen molar-refractivity contribution in [1.82, 2.24) is 10.2 Å². The first-order valence-corrected chi connectivity index (χ1v) is 9.58. The summed E-state index contributed by atoms with van der Waals surface area (Å²) in [5.74, 6) is -0.0612. The van der Waals surface area contributed by atoms with E-state index >= 15 is 0 Å². The van der Waals surface area contributed by atoms with Crippen LogP contribution >= 0.6 is 11.6 Å². The maximum Gasteiger partial charge on any atom is 0.251 e. The Morgan fingerprint density at radius 2 is 1.81 bits per heavy atom. The van der Waals surface area contributed by atoms with Crippen molar-refractivity contribution in [3.8, 4) is 0 Å². The van der Waals surface area contributed by atoms with Gasteiger partial charge in [-0.15, -0.1) is 0 Å². The molecule has 0 bridgehead atoms. The zero-order chi connectivity index (χ0) is 18.4. The number of piperazine rings is 1. The van der Waals surface area contributed by atoms with Crippen LogP contribution in [0.25, 0.3) is 0 Å². The Bertz CT molecular complexity index is 714. The van der Waals surface area contributed by atoms with Crippen LogP contribution in [0, 0.1) is 0 Å². The molecular weight excluding hydrogens is 346 g/mol. The van der Waals surface area contributed by atoms with Crippen molar-refractivity contribution in [1.29, 1.82) is 0 Å². The highest BCUT2D eigenvalue weighted by molar-refractivity contribution is 6.30. The first-order chi connectivity index (χ1) is 12.6. The fourth-order valence-electron chi connectivity index (χ4n) is 3.25. The quantitative estimate of drug-likeness (QED) is 0.841. The molecule has 0 aliphatic carbocycles. The topological polar surface area (TPSA) is 35.6 Å². The molecule has 138 valence electrons. The third-order valence-corrected chi connectivity index (χ3v) is 5.07. The van der Waals surface area contributed by atoms with Gasteiger partial charge >= 0.3 is 0 Å². The fraction of sp³-hybridized carbons (Fsp3) is 0.381. The van der Waals surface area contributed by atoms with E-state index in [1.165, 1.54) is 5.69 Å². The highest BCUT2D eigenvalue weighted by atomic mass is 35.5. The first kappa shape index (κ1) is 18.7. The van der Waals surface area contributed by atoms with Crippen molar-refractivity contribution in [3.05, 3.63) is 65.2 Å². The lowest BCUT2D eigenvalue weighted by atomic mass is 10.1. The molecule has 1 saturated heterocycles. The van der Waals surface area contributed by atoms with E-state index in [1.54, 1.807) is 24.3 Å². The number of hydrogen-bond acceptors (Lipinski definition) is 3. The molecule has 1 aliphatic rings.